The highest BCUT2D eigenvalue weighted by Crippen LogP contribution is 2.47. The number of anilines is 4. The Bertz CT molecular complexity index is 3330. The zero-order chi connectivity index (χ0) is 56.1. The van der Waals surface area contributed by atoms with Crippen LogP contribution in [0.3, 0.4) is 0 Å². The molecule has 4 aliphatic heterocycles. The minimum absolute atomic E-state index is 0.0286. The van der Waals surface area contributed by atoms with Crippen LogP contribution in [0, 0.1) is 0 Å². The minimum Gasteiger partial charge on any atom is -0.479 e. The van der Waals surface area contributed by atoms with Gasteiger partial charge in [-0.1, -0.05) is 48.0 Å². The number of piperidine rings is 2. The lowest BCUT2D eigenvalue weighted by atomic mass is 9.89. The molecule has 1 aromatic heterocycles. The van der Waals surface area contributed by atoms with Gasteiger partial charge >= 0.3 is 18.0 Å². The van der Waals surface area contributed by atoms with E-state index in [2.05, 4.69) is 20.9 Å². The molecule has 21 heteroatoms. The van der Waals surface area contributed by atoms with Gasteiger partial charge in [-0.2, -0.15) is 4.31 Å². The van der Waals surface area contributed by atoms with Crippen molar-refractivity contribution >= 4 is 102 Å². The van der Waals surface area contributed by atoms with Gasteiger partial charge in [-0.05, 0) is 135 Å². The summed E-state index contributed by atoms with van der Waals surface area (Å²) in [6.45, 7) is 16.2. The normalized spacial score (nSPS) is 19.1. The number of hydrogen-bond acceptors (Lipinski definition) is 14. The number of sulfonamides is 1. The number of imide groups is 1. The number of benzene rings is 4. The van der Waals surface area contributed by atoms with Gasteiger partial charge in [0.1, 0.15) is 22.3 Å². The first-order chi connectivity index (χ1) is 36.7. The van der Waals surface area contributed by atoms with Crippen molar-refractivity contribution in [2.45, 2.75) is 122 Å². The van der Waals surface area contributed by atoms with Crippen molar-refractivity contribution in [3.8, 4) is 16.2 Å². The van der Waals surface area contributed by atoms with E-state index in [0.717, 1.165) is 33.5 Å². The first-order valence-electron chi connectivity index (χ1n) is 26.2. The number of amides is 5. The number of esters is 2. The van der Waals surface area contributed by atoms with E-state index in [1.165, 1.54) is 4.90 Å². The molecule has 9 rings (SSSR count). The molecule has 78 heavy (non-hydrogen) atoms. The molecule has 3 N–H and O–H groups in total. The molecule has 4 aromatic carbocycles. The van der Waals surface area contributed by atoms with Crippen molar-refractivity contribution < 1.29 is 51.4 Å². The summed E-state index contributed by atoms with van der Waals surface area (Å²) in [5.41, 5.74) is 2.20. The Morgan fingerprint density at radius 1 is 0.833 bits per heavy atom. The summed E-state index contributed by atoms with van der Waals surface area (Å²) < 4.78 is 47.0. The topological polar surface area (TPSA) is 213 Å². The summed E-state index contributed by atoms with van der Waals surface area (Å²) in [6, 6.07) is 22.6. The molecule has 1 unspecified atom stereocenters. The van der Waals surface area contributed by atoms with E-state index < -0.39 is 57.3 Å². The van der Waals surface area contributed by atoms with Crippen LogP contribution in [-0.4, -0.2) is 121 Å². The quantitative estimate of drug-likeness (QED) is 0.0741. The number of thiophene rings is 1. The highest BCUT2D eigenvalue weighted by molar-refractivity contribution is 7.88. The maximum absolute atomic E-state index is 14.3. The molecule has 0 bridgehead atoms. The Morgan fingerprint density at radius 3 is 2.28 bits per heavy atom. The number of nitrogens with zero attached hydrogens (tertiary/aromatic N) is 4. The first-order valence-corrected chi connectivity index (χ1v) is 29.0. The lowest BCUT2D eigenvalue weighted by Gasteiger charge is -2.45. The molecule has 3 fully saturated rings. The van der Waals surface area contributed by atoms with Gasteiger partial charge in [0, 0.05) is 84.1 Å². The van der Waals surface area contributed by atoms with E-state index in [1.807, 2.05) is 62.4 Å². The monoisotopic (exact) mass is 1120 g/mol. The average molecular weight is 1120 g/mol. The molecular formula is C57H66ClN7O11S2. The van der Waals surface area contributed by atoms with Gasteiger partial charge in [0.05, 0.1) is 16.3 Å². The molecule has 414 valence electrons. The molecule has 5 amide bonds. The van der Waals surface area contributed by atoms with E-state index in [4.69, 9.17) is 25.8 Å². The predicted molar refractivity (Wildman–Crippen MR) is 302 cm³/mol. The third kappa shape index (κ3) is 12.3. The predicted octanol–water partition coefficient (Wildman–Crippen LogP) is 9.59. The Labute approximate surface area is 463 Å². The number of halogens is 1. The number of ether oxygens (including phenoxy) is 3. The van der Waals surface area contributed by atoms with E-state index in [0.29, 0.717) is 78.4 Å². The smallest absolute Gasteiger partial charge is 0.352 e. The Morgan fingerprint density at radius 2 is 1.55 bits per heavy atom. The second-order valence-corrected chi connectivity index (χ2v) is 26.1. The molecule has 0 spiro atoms. The Kier molecular flexibility index (Phi) is 15.7. The Hall–Kier alpha value is -6.74. The van der Waals surface area contributed by atoms with Gasteiger partial charge in [-0.3, -0.25) is 24.6 Å². The SMILES string of the molecule is CC(C)(C)OC(=O)COc1c(C(=O)OC(C)(C)C)sc(-c2cccc(N[C@H]3CCN(S(=O)(=O)Cc4cccc(NC(=O)N5CCCN(c6ccc7c8c(cccc68)C(=O)N7C6CCC(=O)NC6=O)CC5)c4)C(C)(C)C3)c2)c1Cl. The van der Waals surface area contributed by atoms with Crippen molar-refractivity contribution in [1.29, 1.82) is 0 Å². The van der Waals surface area contributed by atoms with Crippen molar-refractivity contribution in [1.82, 2.24) is 14.5 Å². The fourth-order valence-electron chi connectivity index (χ4n) is 10.8. The summed E-state index contributed by atoms with van der Waals surface area (Å²) in [5, 5.41) is 10.7. The Balaban J connectivity index is 0.814. The molecule has 0 radical (unpaired) electrons. The highest BCUT2D eigenvalue weighted by atomic mass is 35.5. The zero-order valence-corrected chi connectivity index (χ0v) is 47.5. The van der Waals surface area contributed by atoms with Crippen molar-refractivity contribution in [2.75, 3.05) is 59.8 Å². The summed E-state index contributed by atoms with van der Waals surface area (Å²) in [5.74, 6) is -2.61. The molecule has 18 nitrogen and oxygen atoms in total. The average Bonchev–Trinajstić information content (AvgIpc) is 3.84. The number of carbonyl (C=O) groups excluding carboxylic acids is 6. The van der Waals surface area contributed by atoms with Crippen LogP contribution in [-0.2, 0) is 39.6 Å². The number of nitrogens with one attached hydrogen (secondary N) is 3. The number of rotatable bonds is 13. The first kappa shape index (κ1) is 56.0. The molecule has 5 heterocycles. The lowest BCUT2D eigenvalue weighted by molar-refractivity contribution is -0.157. The van der Waals surface area contributed by atoms with Crippen molar-refractivity contribution in [3.63, 3.8) is 0 Å². The van der Waals surface area contributed by atoms with Crippen molar-refractivity contribution in [3.05, 3.63) is 99.9 Å². The highest BCUT2D eigenvalue weighted by Gasteiger charge is 2.43. The second-order valence-electron chi connectivity index (χ2n) is 22.8. The molecular weight excluding hydrogens is 1060 g/mol. The van der Waals surface area contributed by atoms with E-state index in [1.54, 1.807) is 81.1 Å². The standard InChI is InChI=1S/C57H66ClN7O11S2/c1-55(2,3)75-45(67)32-74-48-47(58)49(77-50(48)53(70)76-56(4,5)6)35-14-10-16-37(30-35)59-38-23-26-64(57(7,8)31-38)78(72,73)33-34-13-9-15-36(29-34)60-54(71)63-25-12-24-62(27-28-63)41-19-20-42-46-39(41)17-11-18-40(46)52(69)65(42)43-21-22-44(66)61-51(43)68/h9-11,13-20,29-30,38,43,59H,12,21-28,31-33H2,1-8H3,(H,60,71)(H,61,66,68)/t38-,43?/m0/s1. The molecule has 0 aliphatic carbocycles. The van der Waals surface area contributed by atoms with Gasteiger partial charge < -0.3 is 34.6 Å². The summed E-state index contributed by atoms with van der Waals surface area (Å²) in [6.07, 6.45) is 2.09. The number of carbonyl (C=O) groups is 6. The largest absolute Gasteiger partial charge is 0.479 e. The molecule has 4 aliphatic rings. The summed E-state index contributed by atoms with van der Waals surface area (Å²) in [4.78, 5) is 84.5. The lowest BCUT2D eigenvalue weighted by Crippen LogP contribution is -2.55. The molecule has 5 aromatic rings. The van der Waals surface area contributed by atoms with Gasteiger partial charge in [0.2, 0.25) is 21.8 Å². The van der Waals surface area contributed by atoms with Crippen LogP contribution in [0.5, 0.6) is 5.75 Å². The van der Waals surface area contributed by atoms with Crippen molar-refractivity contribution in [2.24, 2.45) is 0 Å². The van der Waals surface area contributed by atoms with Crippen LogP contribution >= 0.6 is 22.9 Å². The number of urea groups is 1. The maximum Gasteiger partial charge on any atom is 0.352 e. The summed E-state index contributed by atoms with van der Waals surface area (Å²) >= 11 is 8.03. The van der Waals surface area contributed by atoms with E-state index >= 15 is 0 Å². The van der Waals surface area contributed by atoms with Gasteiger partial charge in [0.15, 0.2) is 17.2 Å². The fourth-order valence-corrected chi connectivity index (χ4v) is 14.2. The van der Waals surface area contributed by atoms with Crippen LogP contribution in [0.4, 0.5) is 27.5 Å². The van der Waals surface area contributed by atoms with Crippen LogP contribution < -0.4 is 30.5 Å². The molecule has 2 atom stereocenters. The second kappa shape index (κ2) is 21.8. The minimum atomic E-state index is -3.83. The van der Waals surface area contributed by atoms with Crippen LogP contribution in [0.25, 0.3) is 21.2 Å². The van der Waals surface area contributed by atoms with Gasteiger partial charge in [-0.25, -0.2) is 22.8 Å². The number of hydrogen-bond donors (Lipinski definition) is 3. The third-order valence-electron chi connectivity index (χ3n) is 14.0. The van der Waals surface area contributed by atoms with Crippen LogP contribution in [0.2, 0.25) is 5.02 Å². The maximum atomic E-state index is 14.3. The van der Waals surface area contributed by atoms with Crippen LogP contribution in [0.15, 0.2) is 78.9 Å². The van der Waals surface area contributed by atoms with E-state index in [-0.39, 0.29) is 64.7 Å². The van der Waals surface area contributed by atoms with Gasteiger partial charge in [0.25, 0.3) is 5.91 Å². The molecule has 0 saturated carbocycles. The molecule has 3 saturated heterocycles. The van der Waals surface area contributed by atoms with Gasteiger partial charge in [-0.15, -0.1) is 11.3 Å². The van der Waals surface area contributed by atoms with Crippen LogP contribution in [0.1, 0.15) is 113 Å². The fraction of sp³-hybridized carbons (Fsp3) is 0.439. The zero-order valence-electron chi connectivity index (χ0n) is 45.1. The summed E-state index contributed by atoms with van der Waals surface area (Å²) in [7, 11) is -3.83. The van der Waals surface area contributed by atoms with E-state index in [9.17, 15) is 37.2 Å². The third-order valence-corrected chi connectivity index (χ3v) is 17.7.